The number of hydrogen-bond acceptors (Lipinski definition) is 7. The summed E-state index contributed by atoms with van der Waals surface area (Å²) < 4.78 is 34.8. The van der Waals surface area contributed by atoms with Crippen LogP contribution in [0.3, 0.4) is 0 Å². The zero-order chi connectivity index (χ0) is 25.6. The van der Waals surface area contributed by atoms with Gasteiger partial charge in [0.25, 0.3) is 5.79 Å². The number of aliphatic hydroxyl groups is 1. The fourth-order valence-electron chi connectivity index (χ4n) is 5.49. The quantitative estimate of drug-likeness (QED) is 0.487. The third-order valence-corrected chi connectivity index (χ3v) is 7.88. The van der Waals surface area contributed by atoms with Crippen LogP contribution < -0.4 is 9.47 Å². The lowest BCUT2D eigenvalue weighted by atomic mass is 9.88. The highest BCUT2D eigenvalue weighted by molar-refractivity contribution is 6.30. The molecule has 2 aromatic carbocycles. The van der Waals surface area contributed by atoms with Crippen LogP contribution in [0, 0.1) is 5.82 Å². The number of para-hydroxylation sites is 1. The van der Waals surface area contributed by atoms with Crippen molar-refractivity contribution in [1.29, 1.82) is 0 Å². The molecule has 3 aliphatic heterocycles. The monoisotopic (exact) mass is 528 g/mol. The van der Waals surface area contributed by atoms with Gasteiger partial charge in [-0.15, -0.1) is 10.2 Å². The average Bonchev–Trinajstić information content (AvgIpc) is 3.41. The van der Waals surface area contributed by atoms with Crippen LogP contribution in [0.5, 0.6) is 11.5 Å². The standard InChI is InChI=1S/C27H30ClFN4O4/c1-27(21-6-5-18(28)13-22(21)29)36-23-4-2-3-20(26(23)37-27)17-7-10-32(11-8-17)15-24-30-31-25(16-34)33(24)14-19-9-12-35-19/h2-6,13,17,19,34H,7-12,14-16H2,1H3. The molecule has 0 saturated carbocycles. The number of piperidine rings is 1. The Bertz CT molecular complexity index is 1290. The van der Waals surface area contributed by atoms with Crippen LogP contribution in [-0.4, -0.2) is 50.6 Å². The van der Waals surface area contributed by atoms with Gasteiger partial charge >= 0.3 is 0 Å². The van der Waals surface area contributed by atoms with Crippen molar-refractivity contribution < 1.29 is 23.7 Å². The minimum absolute atomic E-state index is 0.137. The number of rotatable bonds is 7. The summed E-state index contributed by atoms with van der Waals surface area (Å²) in [6, 6.07) is 10.4. The predicted octanol–water partition coefficient (Wildman–Crippen LogP) is 4.38. The van der Waals surface area contributed by atoms with E-state index in [0.717, 1.165) is 50.3 Å². The molecule has 10 heteroatoms. The van der Waals surface area contributed by atoms with Crippen LogP contribution in [0.1, 0.15) is 54.9 Å². The van der Waals surface area contributed by atoms with Crippen molar-refractivity contribution in [3.8, 4) is 11.5 Å². The van der Waals surface area contributed by atoms with Crippen LogP contribution in [0.25, 0.3) is 0 Å². The van der Waals surface area contributed by atoms with Crippen molar-refractivity contribution in [2.75, 3.05) is 19.7 Å². The van der Waals surface area contributed by atoms with Gasteiger partial charge in [0.1, 0.15) is 18.2 Å². The van der Waals surface area contributed by atoms with Crippen molar-refractivity contribution in [1.82, 2.24) is 19.7 Å². The average molecular weight is 529 g/mol. The van der Waals surface area contributed by atoms with Crippen LogP contribution in [0.15, 0.2) is 36.4 Å². The Morgan fingerprint density at radius 2 is 1.89 bits per heavy atom. The molecular formula is C27H30ClFN4O4. The minimum atomic E-state index is -1.26. The highest BCUT2D eigenvalue weighted by Crippen LogP contribution is 2.49. The summed E-state index contributed by atoms with van der Waals surface area (Å²) in [4.78, 5) is 2.37. The number of halogens is 2. The van der Waals surface area contributed by atoms with Crippen molar-refractivity contribution in [3.63, 3.8) is 0 Å². The van der Waals surface area contributed by atoms with Crippen LogP contribution in [0.2, 0.25) is 5.02 Å². The van der Waals surface area contributed by atoms with E-state index in [4.69, 9.17) is 25.8 Å². The molecule has 1 N–H and O–H groups in total. The maximum atomic E-state index is 14.7. The molecule has 196 valence electrons. The number of benzene rings is 2. The molecule has 2 saturated heterocycles. The van der Waals surface area contributed by atoms with E-state index >= 15 is 0 Å². The van der Waals surface area contributed by atoms with E-state index in [-0.39, 0.29) is 12.7 Å². The molecule has 2 atom stereocenters. The van der Waals surface area contributed by atoms with Gasteiger partial charge in [0.2, 0.25) is 0 Å². The second-order valence-electron chi connectivity index (χ2n) is 10.1. The van der Waals surface area contributed by atoms with Crippen molar-refractivity contribution in [3.05, 3.63) is 70.0 Å². The Morgan fingerprint density at radius 3 is 2.59 bits per heavy atom. The van der Waals surface area contributed by atoms with E-state index in [1.165, 1.54) is 6.07 Å². The predicted molar refractivity (Wildman–Crippen MR) is 134 cm³/mol. The Morgan fingerprint density at radius 1 is 1.11 bits per heavy atom. The van der Waals surface area contributed by atoms with Crippen LogP contribution in [-0.2, 0) is 30.2 Å². The van der Waals surface area contributed by atoms with E-state index in [0.29, 0.717) is 46.9 Å². The van der Waals surface area contributed by atoms with E-state index in [1.807, 2.05) is 16.7 Å². The second kappa shape index (κ2) is 9.87. The molecule has 6 rings (SSSR count). The largest absolute Gasteiger partial charge is 0.444 e. The lowest BCUT2D eigenvalue weighted by Crippen LogP contribution is -2.36. The van der Waals surface area contributed by atoms with Crippen molar-refractivity contribution >= 4 is 11.6 Å². The first kappa shape index (κ1) is 24.6. The number of ether oxygens (including phenoxy) is 3. The summed E-state index contributed by atoms with van der Waals surface area (Å²) in [5.41, 5.74) is 1.40. The smallest absolute Gasteiger partial charge is 0.278 e. The molecule has 2 unspecified atom stereocenters. The van der Waals surface area contributed by atoms with E-state index in [2.05, 4.69) is 21.2 Å². The van der Waals surface area contributed by atoms with Crippen LogP contribution >= 0.6 is 11.6 Å². The lowest BCUT2D eigenvalue weighted by molar-refractivity contribution is -0.0712. The zero-order valence-corrected chi connectivity index (χ0v) is 21.5. The highest BCUT2D eigenvalue weighted by Gasteiger charge is 2.43. The topological polar surface area (TPSA) is 81.9 Å². The third kappa shape index (κ3) is 4.69. The van der Waals surface area contributed by atoms with Gasteiger partial charge in [-0.1, -0.05) is 23.7 Å². The zero-order valence-electron chi connectivity index (χ0n) is 20.7. The summed E-state index contributed by atoms with van der Waals surface area (Å²) in [5, 5.41) is 18.6. The fraction of sp³-hybridized carbons (Fsp3) is 0.481. The molecule has 0 spiro atoms. The molecule has 0 aliphatic carbocycles. The summed E-state index contributed by atoms with van der Waals surface area (Å²) in [5.74, 6) is 1.33. The van der Waals surface area contributed by atoms with Gasteiger partial charge in [-0.25, -0.2) is 4.39 Å². The van der Waals surface area contributed by atoms with Gasteiger partial charge in [0.15, 0.2) is 17.3 Å². The second-order valence-corrected chi connectivity index (χ2v) is 10.5. The van der Waals surface area contributed by atoms with Crippen LogP contribution in [0.4, 0.5) is 4.39 Å². The molecular weight excluding hydrogens is 499 g/mol. The van der Waals surface area contributed by atoms with E-state index in [9.17, 15) is 9.50 Å². The number of likely N-dealkylation sites (tertiary alicyclic amines) is 1. The first-order chi connectivity index (χ1) is 17.9. The molecule has 2 fully saturated rings. The third-order valence-electron chi connectivity index (χ3n) is 7.65. The van der Waals surface area contributed by atoms with Crippen molar-refractivity contribution in [2.45, 2.75) is 63.7 Å². The summed E-state index contributed by atoms with van der Waals surface area (Å²) in [7, 11) is 0. The molecule has 3 aromatic rings. The van der Waals surface area contributed by atoms with E-state index in [1.54, 1.807) is 19.1 Å². The van der Waals surface area contributed by atoms with Gasteiger partial charge in [-0.2, -0.15) is 0 Å². The van der Waals surface area contributed by atoms with Gasteiger partial charge in [-0.05, 0) is 62.5 Å². The number of fused-ring (bicyclic) bond motifs is 1. The molecule has 1 aromatic heterocycles. The van der Waals surface area contributed by atoms with Gasteiger partial charge in [-0.3, -0.25) is 4.90 Å². The summed E-state index contributed by atoms with van der Waals surface area (Å²) in [6.45, 7) is 5.51. The molecule has 37 heavy (non-hydrogen) atoms. The van der Waals surface area contributed by atoms with Crippen molar-refractivity contribution in [2.24, 2.45) is 0 Å². The Hall–Kier alpha value is -2.72. The molecule has 8 nitrogen and oxygen atoms in total. The Labute approximate surface area is 219 Å². The first-order valence-electron chi connectivity index (χ1n) is 12.8. The molecule has 3 aliphatic rings. The number of hydrogen-bond donors (Lipinski definition) is 1. The number of nitrogens with zero attached hydrogens (tertiary/aromatic N) is 4. The number of aromatic nitrogens is 3. The maximum absolute atomic E-state index is 14.7. The van der Waals surface area contributed by atoms with Gasteiger partial charge in [0.05, 0.1) is 24.8 Å². The highest BCUT2D eigenvalue weighted by atomic mass is 35.5. The SMILES string of the molecule is CC1(c2ccc(Cl)cc2F)Oc2cccc(C3CCN(Cc4nnc(CO)n4CC4CCO4)CC3)c2O1. The van der Waals surface area contributed by atoms with Gasteiger partial charge in [0, 0.05) is 24.1 Å². The van der Waals surface area contributed by atoms with E-state index < -0.39 is 11.6 Å². The Kier molecular flexibility index (Phi) is 6.56. The Balaban J connectivity index is 1.14. The minimum Gasteiger partial charge on any atom is -0.444 e. The molecule has 0 amide bonds. The summed E-state index contributed by atoms with van der Waals surface area (Å²) >= 11 is 5.95. The first-order valence-corrected chi connectivity index (χ1v) is 13.1. The fourth-order valence-corrected chi connectivity index (χ4v) is 5.65. The molecule has 0 bridgehead atoms. The maximum Gasteiger partial charge on any atom is 0.278 e. The molecule has 4 heterocycles. The molecule has 0 radical (unpaired) electrons. The lowest BCUT2D eigenvalue weighted by Gasteiger charge is -2.33. The summed E-state index contributed by atoms with van der Waals surface area (Å²) in [6.07, 6.45) is 3.07. The van der Waals surface area contributed by atoms with Gasteiger partial charge < -0.3 is 23.9 Å². The number of aliphatic hydroxyl groups excluding tert-OH is 1. The normalized spacial score (nSPS) is 23.8.